The average molecular weight is 420 g/mol. The van der Waals surface area contributed by atoms with Gasteiger partial charge in [0.1, 0.15) is 11.8 Å². The lowest BCUT2D eigenvalue weighted by molar-refractivity contribution is 0.0364. The van der Waals surface area contributed by atoms with Gasteiger partial charge >= 0.3 is 0 Å². The molecule has 1 saturated heterocycles. The predicted octanol–water partition coefficient (Wildman–Crippen LogP) is 2.15. The molecule has 4 aromatic rings. The molecule has 2 atom stereocenters. The third kappa shape index (κ3) is 3.16. The van der Waals surface area contributed by atoms with Crippen LogP contribution in [0.5, 0.6) is 0 Å². The van der Waals surface area contributed by atoms with Crippen molar-refractivity contribution < 1.29 is 9.26 Å². The minimum absolute atomic E-state index is 0.0981. The summed E-state index contributed by atoms with van der Waals surface area (Å²) < 4.78 is 14.6. The molecule has 1 aliphatic heterocycles. The fraction of sp³-hybridized carbons (Fsp3) is 0.455. The quantitative estimate of drug-likeness (QED) is 0.489. The largest absolute Gasteiger partial charge is 0.379 e. The van der Waals surface area contributed by atoms with Gasteiger partial charge in [-0.3, -0.25) is 14.1 Å². The van der Waals surface area contributed by atoms with E-state index in [0.29, 0.717) is 41.3 Å². The Morgan fingerprint density at radius 3 is 2.68 bits per heavy atom. The molecule has 9 nitrogen and oxygen atoms in total. The van der Waals surface area contributed by atoms with Gasteiger partial charge in [-0.1, -0.05) is 24.2 Å². The average Bonchev–Trinajstić information content (AvgIpc) is 3.19. The van der Waals surface area contributed by atoms with Gasteiger partial charge in [-0.25, -0.2) is 4.98 Å². The topological polar surface area (TPSA) is 90.7 Å². The minimum atomic E-state index is -0.0981. The van der Waals surface area contributed by atoms with E-state index in [4.69, 9.17) is 9.26 Å². The summed E-state index contributed by atoms with van der Waals surface area (Å²) in [6.07, 6.45) is 2.74. The Hall–Kier alpha value is -3.04. The summed E-state index contributed by atoms with van der Waals surface area (Å²) in [5, 5.41) is 4.14. The number of nitrogens with zero attached hydrogens (tertiary/aromatic N) is 6. The van der Waals surface area contributed by atoms with Gasteiger partial charge in [0.2, 0.25) is 0 Å². The standard InChI is InChI=1S/C22H24N6O3/c1-14-12-15(14)20-24-21(31-25-20)18-19-22(29)27(7-6-26-8-10-30-11-9-26)16-4-2-3-5-17(16)28(19)13-23-18/h2-5,13-15H,6-12H2,1H3. The van der Waals surface area contributed by atoms with Crippen LogP contribution in [0.4, 0.5) is 0 Å². The van der Waals surface area contributed by atoms with Crippen molar-refractivity contribution in [3.8, 4) is 11.6 Å². The number of aromatic nitrogens is 5. The Morgan fingerprint density at radius 1 is 1.13 bits per heavy atom. The van der Waals surface area contributed by atoms with Crippen molar-refractivity contribution in [3.63, 3.8) is 0 Å². The lowest BCUT2D eigenvalue weighted by Gasteiger charge is -2.27. The molecule has 0 bridgehead atoms. The molecule has 0 radical (unpaired) electrons. The SMILES string of the molecule is CC1CC1c1noc(-c2ncn3c2c(=O)n(CCN2CCOCC2)c2ccccc23)n1. The molecule has 2 aliphatic rings. The Kier molecular flexibility index (Phi) is 4.39. The van der Waals surface area contributed by atoms with Crippen LogP contribution in [0.25, 0.3) is 28.1 Å². The van der Waals surface area contributed by atoms with Crippen molar-refractivity contribution in [2.24, 2.45) is 5.92 Å². The molecule has 0 N–H and O–H groups in total. The Labute approximate surface area is 178 Å². The number of ether oxygens (including phenoxy) is 1. The van der Waals surface area contributed by atoms with Crippen molar-refractivity contribution in [1.29, 1.82) is 0 Å². The highest BCUT2D eigenvalue weighted by atomic mass is 16.5. The third-order valence-electron chi connectivity index (χ3n) is 6.48. The second kappa shape index (κ2) is 7.28. The lowest BCUT2D eigenvalue weighted by atomic mass is 10.2. The summed E-state index contributed by atoms with van der Waals surface area (Å²) in [6.45, 7) is 6.80. The molecule has 1 aliphatic carbocycles. The number of para-hydroxylation sites is 2. The first-order chi connectivity index (χ1) is 15.2. The molecule has 4 heterocycles. The molecule has 0 amide bonds. The zero-order valence-corrected chi connectivity index (χ0v) is 17.4. The first kappa shape index (κ1) is 18.7. The lowest BCUT2D eigenvalue weighted by Crippen LogP contribution is -2.39. The van der Waals surface area contributed by atoms with Crippen molar-refractivity contribution in [3.05, 3.63) is 46.8 Å². The van der Waals surface area contributed by atoms with Gasteiger partial charge in [0.05, 0.1) is 24.2 Å². The van der Waals surface area contributed by atoms with Crippen molar-refractivity contribution in [2.45, 2.75) is 25.8 Å². The number of imidazole rings is 1. The predicted molar refractivity (Wildman–Crippen MR) is 114 cm³/mol. The monoisotopic (exact) mass is 420 g/mol. The van der Waals surface area contributed by atoms with Gasteiger partial charge in [-0.05, 0) is 24.5 Å². The van der Waals surface area contributed by atoms with Crippen molar-refractivity contribution in [1.82, 2.24) is 29.0 Å². The molecule has 3 aromatic heterocycles. The molecule has 6 rings (SSSR count). The molecule has 9 heteroatoms. The summed E-state index contributed by atoms with van der Waals surface area (Å²) >= 11 is 0. The van der Waals surface area contributed by atoms with Crippen LogP contribution in [0.2, 0.25) is 0 Å². The highest BCUT2D eigenvalue weighted by Crippen LogP contribution is 2.45. The maximum atomic E-state index is 13.6. The van der Waals surface area contributed by atoms with E-state index in [1.165, 1.54) is 0 Å². The van der Waals surface area contributed by atoms with Crippen LogP contribution in [-0.4, -0.2) is 61.8 Å². The van der Waals surface area contributed by atoms with E-state index in [-0.39, 0.29) is 5.56 Å². The van der Waals surface area contributed by atoms with Gasteiger partial charge in [0.25, 0.3) is 11.4 Å². The molecule has 1 saturated carbocycles. The second-order valence-electron chi connectivity index (χ2n) is 8.49. The molecular weight excluding hydrogens is 396 g/mol. The molecular formula is C22H24N6O3. The maximum absolute atomic E-state index is 13.6. The van der Waals surface area contributed by atoms with Crippen LogP contribution in [-0.2, 0) is 11.3 Å². The van der Waals surface area contributed by atoms with Crippen molar-refractivity contribution in [2.75, 3.05) is 32.8 Å². The summed E-state index contributed by atoms with van der Waals surface area (Å²) in [4.78, 5) is 25.0. The normalized spacial score (nSPS) is 21.8. The number of fused-ring (bicyclic) bond motifs is 3. The van der Waals surface area contributed by atoms with Crippen LogP contribution in [0.3, 0.4) is 0 Å². The first-order valence-corrected chi connectivity index (χ1v) is 10.8. The molecule has 160 valence electrons. The van der Waals surface area contributed by atoms with Crippen LogP contribution >= 0.6 is 0 Å². The Morgan fingerprint density at radius 2 is 1.90 bits per heavy atom. The second-order valence-corrected chi connectivity index (χ2v) is 8.49. The Bertz CT molecular complexity index is 1320. The van der Waals surface area contributed by atoms with E-state index in [1.54, 1.807) is 6.33 Å². The van der Waals surface area contributed by atoms with E-state index >= 15 is 0 Å². The van der Waals surface area contributed by atoms with Gasteiger partial charge in [0, 0.05) is 32.1 Å². The highest BCUT2D eigenvalue weighted by molar-refractivity contribution is 5.83. The van der Waals surface area contributed by atoms with Crippen LogP contribution < -0.4 is 5.56 Å². The summed E-state index contributed by atoms with van der Waals surface area (Å²) in [7, 11) is 0. The number of hydrogen-bond donors (Lipinski definition) is 0. The van der Waals surface area contributed by atoms with Gasteiger partial charge < -0.3 is 13.8 Å². The molecule has 2 fully saturated rings. The molecule has 2 unspecified atom stereocenters. The maximum Gasteiger partial charge on any atom is 0.278 e. The minimum Gasteiger partial charge on any atom is -0.379 e. The Balaban J connectivity index is 1.46. The van der Waals surface area contributed by atoms with E-state index < -0.39 is 0 Å². The van der Waals surface area contributed by atoms with E-state index in [1.807, 2.05) is 33.2 Å². The fourth-order valence-electron chi connectivity index (χ4n) is 4.48. The zero-order chi connectivity index (χ0) is 20.9. The highest BCUT2D eigenvalue weighted by Gasteiger charge is 2.38. The molecule has 0 spiro atoms. The van der Waals surface area contributed by atoms with Crippen LogP contribution in [0, 0.1) is 5.92 Å². The van der Waals surface area contributed by atoms with Crippen molar-refractivity contribution >= 4 is 16.6 Å². The summed E-state index contributed by atoms with van der Waals surface area (Å²) in [6, 6.07) is 7.91. The molecule has 1 aromatic carbocycles. The zero-order valence-electron chi connectivity index (χ0n) is 17.4. The number of hydrogen-bond acceptors (Lipinski definition) is 7. The van der Waals surface area contributed by atoms with Gasteiger partial charge in [-0.2, -0.15) is 4.98 Å². The number of morpholine rings is 1. The van der Waals surface area contributed by atoms with E-state index in [0.717, 1.165) is 50.3 Å². The number of benzene rings is 1. The number of rotatable bonds is 5. The van der Waals surface area contributed by atoms with Gasteiger partial charge in [-0.15, -0.1) is 0 Å². The molecule has 31 heavy (non-hydrogen) atoms. The summed E-state index contributed by atoms with van der Waals surface area (Å²) in [5.41, 5.74) is 2.63. The van der Waals surface area contributed by atoms with Gasteiger partial charge in [0.15, 0.2) is 11.5 Å². The smallest absolute Gasteiger partial charge is 0.278 e. The van der Waals surface area contributed by atoms with Crippen LogP contribution in [0.15, 0.2) is 39.9 Å². The van der Waals surface area contributed by atoms with Crippen LogP contribution in [0.1, 0.15) is 25.1 Å². The van der Waals surface area contributed by atoms with E-state index in [2.05, 4.69) is 26.9 Å². The summed E-state index contributed by atoms with van der Waals surface area (Å²) in [5.74, 6) is 1.93. The van der Waals surface area contributed by atoms with E-state index in [9.17, 15) is 4.79 Å². The third-order valence-corrected chi connectivity index (χ3v) is 6.48. The first-order valence-electron chi connectivity index (χ1n) is 10.8. The fourth-order valence-corrected chi connectivity index (χ4v) is 4.48.